The summed E-state index contributed by atoms with van der Waals surface area (Å²) in [7, 11) is 3.39. The molecule has 0 fully saturated rings. The molecule has 0 saturated heterocycles. The summed E-state index contributed by atoms with van der Waals surface area (Å²) in [4.78, 5) is 12.9. The number of amides is 1. The Labute approximate surface area is 111 Å². The molecule has 1 aromatic carbocycles. The molecule has 0 unspecified atom stereocenters. The molecule has 19 heavy (non-hydrogen) atoms. The van der Waals surface area contributed by atoms with Crippen LogP contribution >= 0.6 is 0 Å². The number of ether oxygens (including phenoxy) is 1. The zero-order valence-electron chi connectivity index (χ0n) is 11.0. The van der Waals surface area contributed by atoms with Gasteiger partial charge in [0.2, 0.25) is 5.91 Å². The summed E-state index contributed by atoms with van der Waals surface area (Å²) in [5.74, 6) is 0.148. The van der Waals surface area contributed by atoms with E-state index in [1.165, 1.54) is 11.0 Å². The standard InChI is InChI=1S/C13H18F2N2O2/c1-17(2)12(18)8-5-9-16-10-6-3-4-7-11(10)19-13(14)15/h3-4,6-7,13,16H,5,8-9H2,1-2H3. The number of para-hydroxylation sites is 2. The zero-order chi connectivity index (χ0) is 14.3. The van der Waals surface area contributed by atoms with E-state index in [9.17, 15) is 13.6 Å². The molecule has 106 valence electrons. The molecule has 0 atom stereocenters. The van der Waals surface area contributed by atoms with E-state index in [1.54, 1.807) is 32.3 Å². The minimum absolute atomic E-state index is 0.0407. The molecule has 0 radical (unpaired) electrons. The van der Waals surface area contributed by atoms with E-state index in [-0.39, 0.29) is 11.7 Å². The maximum absolute atomic E-state index is 12.2. The molecule has 0 saturated carbocycles. The number of nitrogens with zero attached hydrogens (tertiary/aromatic N) is 1. The lowest BCUT2D eigenvalue weighted by Gasteiger charge is -2.13. The van der Waals surface area contributed by atoms with Crippen molar-refractivity contribution in [2.75, 3.05) is 26.0 Å². The number of rotatable bonds is 7. The number of hydrogen-bond acceptors (Lipinski definition) is 3. The van der Waals surface area contributed by atoms with Crippen LogP contribution in [-0.2, 0) is 4.79 Å². The highest BCUT2D eigenvalue weighted by molar-refractivity contribution is 5.75. The van der Waals surface area contributed by atoms with Crippen LogP contribution in [0.1, 0.15) is 12.8 Å². The van der Waals surface area contributed by atoms with Crippen LogP contribution < -0.4 is 10.1 Å². The Hall–Kier alpha value is -1.85. The fraction of sp³-hybridized carbons (Fsp3) is 0.462. The molecule has 1 rings (SSSR count). The third kappa shape index (κ3) is 5.54. The van der Waals surface area contributed by atoms with Crippen LogP contribution in [0.3, 0.4) is 0 Å². The first-order valence-electron chi connectivity index (χ1n) is 5.98. The molecule has 6 heteroatoms. The summed E-state index contributed by atoms with van der Waals surface area (Å²) < 4.78 is 28.8. The molecule has 0 heterocycles. The Morgan fingerprint density at radius 2 is 2.05 bits per heavy atom. The summed E-state index contributed by atoms with van der Waals surface area (Å²) in [5.41, 5.74) is 0.500. The van der Waals surface area contributed by atoms with Gasteiger partial charge in [0.15, 0.2) is 0 Å². The van der Waals surface area contributed by atoms with Gasteiger partial charge in [0.1, 0.15) is 5.75 Å². The first-order valence-corrected chi connectivity index (χ1v) is 5.98. The minimum atomic E-state index is -2.85. The van der Waals surface area contributed by atoms with Gasteiger partial charge in [-0.05, 0) is 18.6 Å². The van der Waals surface area contributed by atoms with Crippen LogP contribution in [0.5, 0.6) is 5.75 Å². The van der Waals surface area contributed by atoms with Crippen molar-refractivity contribution in [3.8, 4) is 5.75 Å². The van der Waals surface area contributed by atoms with Crippen LogP contribution in [0.15, 0.2) is 24.3 Å². The molecular formula is C13H18F2N2O2. The predicted octanol–water partition coefficient (Wildman–Crippen LogP) is 2.57. The zero-order valence-corrected chi connectivity index (χ0v) is 11.0. The van der Waals surface area contributed by atoms with E-state index in [2.05, 4.69) is 10.1 Å². The summed E-state index contributed by atoms with van der Waals surface area (Å²) in [6, 6.07) is 6.48. The van der Waals surface area contributed by atoms with Gasteiger partial charge in [0.25, 0.3) is 0 Å². The summed E-state index contributed by atoms with van der Waals surface area (Å²) in [6.07, 6.45) is 1.04. The van der Waals surface area contributed by atoms with Crippen LogP contribution in [0.25, 0.3) is 0 Å². The van der Waals surface area contributed by atoms with Crippen LogP contribution in [0.2, 0.25) is 0 Å². The summed E-state index contributed by atoms with van der Waals surface area (Å²) in [6.45, 7) is -2.33. The second kappa shape index (κ2) is 7.56. The normalized spacial score (nSPS) is 10.4. The average Bonchev–Trinajstić information content (AvgIpc) is 2.35. The number of benzene rings is 1. The van der Waals surface area contributed by atoms with E-state index in [0.717, 1.165) is 0 Å². The SMILES string of the molecule is CN(C)C(=O)CCCNc1ccccc1OC(F)F. The second-order valence-corrected chi connectivity index (χ2v) is 4.19. The van der Waals surface area contributed by atoms with Crippen molar-refractivity contribution in [2.45, 2.75) is 19.5 Å². The number of carbonyl (C=O) groups excluding carboxylic acids is 1. The molecule has 1 aromatic rings. The van der Waals surface area contributed by atoms with Gasteiger partial charge in [0, 0.05) is 27.1 Å². The average molecular weight is 272 g/mol. The van der Waals surface area contributed by atoms with Gasteiger partial charge >= 0.3 is 6.61 Å². The Kier molecular flexibility index (Phi) is 6.05. The van der Waals surface area contributed by atoms with E-state index in [4.69, 9.17) is 0 Å². The van der Waals surface area contributed by atoms with Crippen molar-refractivity contribution < 1.29 is 18.3 Å². The van der Waals surface area contributed by atoms with E-state index < -0.39 is 6.61 Å². The molecule has 1 N–H and O–H groups in total. The Balaban J connectivity index is 2.42. The predicted molar refractivity (Wildman–Crippen MR) is 69.5 cm³/mol. The van der Waals surface area contributed by atoms with Crippen LogP contribution in [0.4, 0.5) is 14.5 Å². The first-order chi connectivity index (χ1) is 9.00. The smallest absolute Gasteiger partial charge is 0.387 e. The quantitative estimate of drug-likeness (QED) is 0.776. The van der Waals surface area contributed by atoms with Gasteiger partial charge in [-0.1, -0.05) is 12.1 Å². The largest absolute Gasteiger partial charge is 0.433 e. The Morgan fingerprint density at radius 3 is 2.68 bits per heavy atom. The molecule has 0 aromatic heterocycles. The third-order valence-electron chi connectivity index (χ3n) is 2.48. The molecule has 0 spiro atoms. The lowest BCUT2D eigenvalue weighted by Crippen LogP contribution is -2.22. The Bertz CT molecular complexity index is 411. The Morgan fingerprint density at radius 1 is 1.37 bits per heavy atom. The van der Waals surface area contributed by atoms with Crippen molar-refractivity contribution >= 4 is 11.6 Å². The van der Waals surface area contributed by atoms with Gasteiger partial charge in [-0.3, -0.25) is 4.79 Å². The molecule has 4 nitrogen and oxygen atoms in total. The van der Waals surface area contributed by atoms with E-state index >= 15 is 0 Å². The lowest BCUT2D eigenvalue weighted by atomic mass is 10.2. The third-order valence-corrected chi connectivity index (χ3v) is 2.48. The van der Waals surface area contributed by atoms with Crippen LogP contribution in [-0.4, -0.2) is 38.1 Å². The van der Waals surface area contributed by atoms with Gasteiger partial charge < -0.3 is 15.0 Å². The van der Waals surface area contributed by atoms with E-state index in [1.807, 2.05) is 0 Å². The van der Waals surface area contributed by atoms with Gasteiger partial charge in [-0.15, -0.1) is 0 Å². The topological polar surface area (TPSA) is 41.6 Å². The maximum Gasteiger partial charge on any atom is 0.387 e. The van der Waals surface area contributed by atoms with Gasteiger partial charge in [-0.2, -0.15) is 8.78 Å². The number of halogens is 2. The molecule has 0 aliphatic carbocycles. The fourth-order valence-electron chi connectivity index (χ4n) is 1.50. The number of carbonyl (C=O) groups is 1. The molecule has 0 aliphatic heterocycles. The summed E-state index contributed by atoms with van der Waals surface area (Å²) in [5, 5.41) is 2.98. The van der Waals surface area contributed by atoms with Crippen molar-refractivity contribution in [1.29, 1.82) is 0 Å². The minimum Gasteiger partial charge on any atom is -0.433 e. The number of alkyl halides is 2. The van der Waals surface area contributed by atoms with Crippen molar-refractivity contribution in [2.24, 2.45) is 0 Å². The maximum atomic E-state index is 12.2. The number of hydrogen-bond donors (Lipinski definition) is 1. The van der Waals surface area contributed by atoms with Crippen molar-refractivity contribution in [1.82, 2.24) is 4.90 Å². The number of nitrogens with one attached hydrogen (secondary N) is 1. The highest BCUT2D eigenvalue weighted by Gasteiger charge is 2.09. The van der Waals surface area contributed by atoms with Gasteiger partial charge in [-0.25, -0.2) is 0 Å². The van der Waals surface area contributed by atoms with Crippen molar-refractivity contribution in [3.05, 3.63) is 24.3 Å². The molecule has 0 bridgehead atoms. The monoisotopic (exact) mass is 272 g/mol. The molecule has 0 aliphatic rings. The van der Waals surface area contributed by atoms with Gasteiger partial charge in [0.05, 0.1) is 5.69 Å². The lowest BCUT2D eigenvalue weighted by molar-refractivity contribution is -0.128. The summed E-state index contributed by atoms with van der Waals surface area (Å²) >= 11 is 0. The van der Waals surface area contributed by atoms with Crippen molar-refractivity contribution in [3.63, 3.8) is 0 Å². The highest BCUT2D eigenvalue weighted by atomic mass is 19.3. The van der Waals surface area contributed by atoms with E-state index in [0.29, 0.717) is 25.1 Å². The molecular weight excluding hydrogens is 254 g/mol. The second-order valence-electron chi connectivity index (χ2n) is 4.19. The molecule has 1 amide bonds. The van der Waals surface area contributed by atoms with Crippen LogP contribution in [0, 0.1) is 0 Å². The number of anilines is 1. The fourth-order valence-corrected chi connectivity index (χ4v) is 1.50. The first kappa shape index (κ1) is 15.2. The highest BCUT2D eigenvalue weighted by Crippen LogP contribution is 2.25.